The number of amides is 1. The molecule has 4 rings (SSSR count). The highest BCUT2D eigenvalue weighted by atomic mass is 16.2. The maximum absolute atomic E-state index is 13.0. The zero-order valence-corrected chi connectivity index (χ0v) is 17.5. The highest BCUT2D eigenvalue weighted by Gasteiger charge is 2.24. The number of nitrogens with zero attached hydrogens (tertiary/aromatic N) is 4. The van der Waals surface area contributed by atoms with Crippen molar-refractivity contribution in [1.29, 1.82) is 0 Å². The average Bonchev–Trinajstić information content (AvgIpc) is 2.78. The molecule has 4 heterocycles. The summed E-state index contributed by atoms with van der Waals surface area (Å²) in [5.74, 6) is 1.04. The second kappa shape index (κ2) is 9.38. The zero-order valence-electron chi connectivity index (χ0n) is 17.5. The first kappa shape index (κ1) is 20.5. The van der Waals surface area contributed by atoms with E-state index >= 15 is 0 Å². The van der Waals surface area contributed by atoms with Crippen molar-refractivity contribution < 1.29 is 4.79 Å². The molecule has 2 aromatic rings. The normalized spacial score (nSPS) is 20.2. The van der Waals surface area contributed by atoms with Gasteiger partial charge in [-0.3, -0.25) is 14.6 Å². The van der Waals surface area contributed by atoms with Gasteiger partial charge in [-0.15, -0.1) is 0 Å². The summed E-state index contributed by atoms with van der Waals surface area (Å²) in [6, 6.07) is 1.93. The number of hydrogen-bond acceptors (Lipinski definition) is 6. The standard InChI is InChI=1S/C22H30N6O2/c1-16-4-10-28(15-17-3-2-7-23-13-17)22(30)20(16)21(29)26-18-5-11-27(12-6-18)19-14-24-8-9-25-19/h4,8-10,14,17-18,23H,2-3,5-7,11-13,15H2,1H3,(H,26,29). The van der Waals surface area contributed by atoms with Crippen LogP contribution in [0.25, 0.3) is 0 Å². The fraction of sp³-hybridized carbons (Fsp3) is 0.545. The Morgan fingerprint density at radius 3 is 2.80 bits per heavy atom. The molecule has 2 aliphatic rings. The van der Waals surface area contributed by atoms with Gasteiger partial charge in [-0.2, -0.15) is 0 Å². The molecule has 0 spiro atoms. The fourth-order valence-electron chi connectivity index (χ4n) is 4.41. The first-order valence-electron chi connectivity index (χ1n) is 10.8. The summed E-state index contributed by atoms with van der Waals surface area (Å²) in [5, 5.41) is 6.48. The Morgan fingerprint density at radius 2 is 2.10 bits per heavy atom. The van der Waals surface area contributed by atoms with Gasteiger partial charge in [0, 0.05) is 44.3 Å². The Kier molecular flexibility index (Phi) is 6.42. The fourth-order valence-corrected chi connectivity index (χ4v) is 4.41. The Bertz CT molecular complexity index is 915. The van der Waals surface area contributed by atoms with Crippen LogP contribution in [0.1, 0.15) is 41.6 Å². The molecule has 8 nitrogen and oxygen atoms in total. The summed E-state index contributed by atoms with van der Waals surface area (Å²) in [5.41, 5.74) is 0.820. The lowest BCUT2D eigenvalue weighted by Gasteiger charge is -2.33. The van der Waals surface area contributed by atoms with Gasteiger partial charge in [0.25, 0.3) is 11.5 Å². The SMILES string of the molecule is Cc1ccn(CC2CCCNC2)c(=O)c1C(=O)NC1CCN(c2cnccn2)CC1. The van der Waals surface area contributed by atoms with E-state index in [1.54, 1.807) is 23.2 Å². The van der Waals surface area contributed by atoms with Gasteiger partial charge in [0.05, 0.1) is 6.20 Å². The molecule has 0 bridgehead atoms. The maximum Gasteiger partial charge on any atom is 0.263 e. The number of rotatable bonds is 5. The molecule has 0 aliphatic carbocycles. The van der Waals surface area contributed by atoms with Crippen molar-refractivity contribution in [2.45, 2.75) is 45.2 Å². The van der Waals surface area contributed by atoms with E-state index < -0.39 is 0 Å². The van der Waals surface area contributed by atoms with Crippen molar-refractivity contribution in [2.75, 3.05) is 31.1 Å². The smallest absolute Gasteiger partial charge is 0.263 e. The molecule has 2 saturated heterocycles. The van der Waals surface area contributed by atoms with Crippen LogP contribution >= 0.6 is 0 Å². The molecule has 2 N–H and O–H groups in total. The van der Waals surface area contributed by atoms with Gasteiger partial charge >= 0.3 is 0 Å². The lowest BCUT2D eigenvalue weighted by atomic mass is 9.99. The van der Waals surface area contributed by atoms with Crippen molar-refractivity contribution >= 4 is 11.7 Å². The molecule has 30 heavy (non-hydrogen) atoms. The number of carbonyl (C=O) groups is 1. The first-order chi connectivity index (χ1) is 14.6. The average molecular weight is 411 g/mol. The monoisotopic (exact) mass is 410 g/mol. The molecule has 0 saturated carbocycles. The van der Waals surface area contributed by atoms with Crippen LogP contribution < -0.4 is 21.1 Å². The van der Waals surface area contributed by atoms with E-state index in [0.29, 0.717) is 12.5 Å². The number of carbonyl (C=O) groups excluding carboxylic acids is 1. The van der Waals surface area contributed by atoms with Crippen LogP contribution in [0.4, 0.5) is 5.82 Å². The number of hydrogen-bond donors (Lipinski definition) is 2. The van der Waals surface area contributed by atoms with Crippen LogP contribution in [-0.2, 0) is 6.54 Å². The third kappa shape index (κ3) is 4.70. The minimum atomic E-state index is -0.258. The van der Waals surface area contributed by atoms with Crippen molar-refractivity contribution in [1.82, 2.24) is 25.2 Å². The quantitative estimate of drug-likeness (QED) is 0.773. The van der Waals surface area contributed by atoms with Crippen LogP contribution in [-0.4, -0.2) is 52.7 Å². The van der Waals surface area contributed by atoms with Crippen LogP contribution in [0.5, 0.6) is 0 Å². The molecular weight excluding hydrogens is 380 g/mol. The largest absolute Gasteiger partial charge is 0.355 e. The van der Waals surface area contributed by atoms with Crippen molar-refractivity contribution in [3.63, 3.8) is 0 Å². The molecule has 2 aliphatic heterocycles. The van der Waals surface area contributed by atoms with Gasteiger partial charge in [-0.1, -0.05) is 0 Å². The van der Waals surface area contributed by atoms with E-state index in [0.717, 1.165) is 63.2 Å². The van der Waals surface area contributed by atoms with E-state index in [1.807, 2.05) is 19.2 Å². The summed E-state index contributed by atoms with van der Waals surface area (Å²) in [4.78, 5) is 36.7. The Morgan fingerprint density at radius 1 is 1.27 bits per heavy atom. The summed E-state index contributed by atoms with van der Waals surface area (Å²) in [6.45, 7) is 6.06. The van der Waals surface area contributed by atoms with Gasteiger partial charge in [-0.05, 0) is 63.2 Å². The van der Waals surface area contributed by atoms with Crippen molar-refractivity contribution in [2.24, 2.45) is 5.92 Å². The number of aryl methyl sites for hydroxylation is 1. The van der Waals surface area contributed by atoms with Crippen molar-refractivity contribution in [3.05, 3.63) is 52.3 Å². The lowest BCUT2D eigenvalue weighted by molar-refractivity contribution is 0.0928. The first-order valence-corrected chi connectivity index (χ1v) is 10.8. The number of aromatic nitrogens is 3. The summed E-state index contributed by atoms with van der Waals surface area (Å²) in [7, 11) is 0. The molecule has 1 atom stereocenters. The minimum absolute atomic E-state index is 0.0559. The van der Waals surface area contributed by atoms with Gasteiger partial charge in [0.15, 0.2) is 0 Å². The van der Waals surface area contributed by atoms with Gasteiger partial charge in [0.2, 0.25) is 0 Å². The topological polar surface area (TPSA) is 92.2 Å². The van der Waals surface area contributed by atoms with Crippen LogP contribution in [0, 0.1) is 12.8 Å². The zero-order chi connectivity index (χ0) is 20.9. The molecule has 8 heteroatoms. The Hall–Kier alpha value is -2.74. The Labute approximate surface area is 176 Å². The summed E-state index contributed by atoms with van der Waals surface area (Å²) < 4.78 is 1.70. The number of pyridine rings is 1. The van der Waals surface area contributed by atoms with E-state index in [-0.39, 0.29) is 23.1 Å². The van der Waals surface area contributed by atoms with Crippen LogP contribution in [0.2, 0.25) is 0 Å². The second-order valence-corrected chi connectivity index (χ2v) is 8.34. The molecular formula is C22H30N6O2. The molecule has 1 unspecified atom stereocenters. The summed E-state index contributed by atoms with van der Waals surface area (Å²) >= 11 is 0. The second-order valence-electron chi connectivity index (χ2n) is 8.34. The van der Waals surface area contributed by atoms with E-state index in [1.165, 1.54) is 0 Å². The molecule has 0 radical (unpaired) electrons. The van der Waals surface area contributed by atoms with Gasteiger partial charge < -0.3 is 20.1 Å². The minimum Gasteiger partial charge on any atom is -0.355 e. The predicted octanol–water partition coefficient (Wildman–Crippen LogP) is 1.35. The number of anilines is 1. The van der Waals surface area contributed by atoms with Crippen LogP contribution in [0.3, 0.4) is 0 Å². The number of nitrogens with one attached hydrogen (secondary N) is 2. The Balaban J connectivity index is 1.39. The molecule has 0 aromatic carbocycles. The van der Waals surface area contributed by atoms with E-state index in [9.17, 15) is 9.59 Å². The van der Waals surface area contributed by atoms with Crippen LogP contribution in [0.15, 0.2) is 35.6 Å². The van der Waals surface area contributed by atoms with Gasteiger partial charge in [-0.25, -0.2) is 4.98 Å². The lowest BCUT2D eigenvalue weighted by Crippen LogP contribution is -2.46. The third-order valence-corrected chi connectivity index (χ3v) is 6.16. The van der Waals surface area contributed by atoms with Gasteiger partial charge in [0.1, 0.15) is 11.4 Å². The highest BCUT2D eigenvalue weighted by molar-refractivity contribution is 5.95. The van der Waals surface area contributed by atoms with E-state index in [4.69, 9.17) is 0 Å². The third-order valence-electron chi connectivity index (χ3n) is 6.16. The maximum atomic E-state index is 13.0. The predicted molar refractivity (Wildman–Crippen MR) is 116 cm³/mol. The molecule has 160 valence electrons. The molecule has 1 amide bonds. The molecule has 2 fully saturated rings. The highest BCUT2D eigenvalue weighted by Crippen LogP contribution is 2.17. The summed E-state index contributed by atoms with van der Waals surface area (Å²) in [6.07, 6.45) is 10.8. The van der Waals surface area contributed by atoms with Crippen molar-refractivity contribution in [3.8, 4) is 0 Å². The number of piperidine rings is 2. The van der Waals surface area contributed by atoms with E-state index in [2.05, 4.69) is 25.5 Å². The molecule has 2 aromatic heterocycles.